The number of ether oxygens (including phenoxy) is 1. The summed E-state index contributed by atoms with van der Waals surface area (Å²) in [6.07, 6.45) is 3.39. The van der Waals surface area contributed by atoms with Crippen LogP contribution >= 0.6 is 11.6 Å². The lowest BCUT2D eigenvalue weighted by atomic mass is 10.0. The molecule has 4 heteroatoms. The largest absolute Gasteiger partial charge is 0.497 e. The fraction of sp³-hybridized carbons (Fsp3) is 0.194. The van der Waals surface area contributed by atoms with Crippen molar-refractivity contribution >= 4 is 28.7 Å². The zero-order valence-electron chi connectivity index (χ0n) is 19.8. The van der Waals surface area contributed by atoms with Gasteiger partial charge in [-0.1, -0.05) is 78.3 Å². The maximum atomic E-state index is 6.80. The molecule has 1 unspecified atom stereocenters. The first kappa shape index (κ1) is 23.2. The van der Waals surface area contributed by atoms with E-state index < -0.39 is 0 Å². The van der Waals surface area contributed by atoms with E-state index in [0.717, 1.165) is 51.0 Å². The Morgan fingerprint density at radius 3 is 2.06 bits per heavy atom. The van der Waals surface area contributed by atoms with Gasteiger partial charge in [-0.05, 0) is 67.1 Å². The molecule has 3 nitrogen and oxygen atoms in total. The zero-order valence-corrected chi connectivity index (χ0v) is 20.6. The van der Waals surface area contributed by atoms with Crippen molar-refractivity contribution in [2.75, 3.05) is 12.4 Å². The summed E-state index contributed by atoms with van der Waals surface area (Å²) in [5.41, 5.74) is 6.20. The van der Waals surface area contributed by atoms with Crippen LogP contribution in [-0.4, -0.2) is 18.9 Å². The van der Waals surface area contributed by atoms with Gasteiger partial charge < -0.3 is 10.1 Å². The summed E-state index contributed by atoms with van der Waals surface area (Å²) in [7, 11) is 1.69. The smallest absolute Gasteiger partial charge is 0.119 e. The molecule has 35 heavy (non-hydrogen) atoms. The SMILES string of the molecule is COc1ccc(NC(Cc2ccc(N=C(c3ccccc3)c3ccccc3)cc2Cl)C2CC2)cc1. The van der Waals surface area contributed by atoms with Crippen LogP contribution in [0.1, 0.15) is 29.5 Å². The van der Waals surface area contributed by atoms with Crippen LogP contribution in [0, 0.1) is 5.92 Å². The number of benzene rings is 4. The summed E-state index contributed by atoms with van der Waals surface area (Å²) in [4.78, 5) is 5.02. The van der Waals surface area contributed by atoms with E-state index in [1.807, 2.05) is 54.6 Å². The summed E-state index contributed by atoms with van der Waals surface area (Å²) in [6.45, 7) is 0. The van der Waals surface area contributed by atoms with Crippen molar-refractivity contribution in [3.63, 3.8) is 0 Å². The maximum Gasteiger partial charge on any atom is 0.119 e. The van der Waals surface area contributed by atoms with Crippen molar-refractivity contribution in [2.24, 2.45) is 10.9 Å². The molecule has 0 heterocycles. The van der Waals surface area contributed by atoms with Gasteiger partial charge in [0.15, 0.2) is 0 Å². The van der Waals surface area contributed by atoms with Gasteiger partial charge in [0.2, 0.25) is 0 Å². The fourth-order valence-electron chi connectivity index (χ4n) is 4.36. The number of methoxy groups -OCH3 is 1. The summed E-state index contributed by atoms with van der Waals surface area (Å²) in [6, 6.07) is 35.2. The first-order valence-electron chi connectivity index (χ1n) is 12.1. The topological polar surface area (TPSA) is 33.6 Å². The molecule has 0 aliphatic heterocycles. The molecule has 4 aromatic carbocycles. The normalized spacial score (nSPS) is 13.7. The Morgan fingerprint density at radius 1 is 0.886 bits per heavy atom. The minimum atomic E-state index is 0.347. The first-order valence-corrected chi connectivity index (χ1v) is 12.5. The van der Waals surface area contributed by atoms with Gasteiger partial charge in [-0.2, -0.15) is 0 Å². The minimum absolute atomic E-state index is 0.347. The number of nitrogens with one attached hydrogen (secondary N) is 1. The Bertz CT molecular complexity index is 1240. The monoisotopic (exact) mass is 480 g/mol. The van der Waals surface area contributed by atoms with Crippen LogP contribution in [0.25, 0.3) is 0 Å². The molecule has 0 saturated heterocycles. The lowest BCUT2D eigenvalue weighted by Crippen LogP contribution is -2.24. The summed E-state index contributed by atoms with van der Waals surface area (Å²) < 4.78 is 5.28. The predicted octanol–water partition coefficient (Wildman–Crippen LogP) is 7.95. The third kappa shape index (κ3) is 5.93. The zero-order chi connectivity index (χ0) is 24.0. The van der Waals surface area contributed by atoms with E-state index in [4.69, 9.17) is 21.3 Å². The van der Waals surface area contributed by atoms with Crippen LogP contribution in [0.2, 0.25) is 5.02 Å². The molecule has 1 aliphatic rings. The Hall–Kier alpha value is -3.56. The molecule has 5 rings (SSSR count). The number of anilines is 1. The molecule has 1 fully saturated rings. The van der Waals surface area contributed by atoms with Gasteiger partial charge in [0, 0.05) is 27.9 Å². The second kappa shape index (κ2) is 10.8. The molecule has 176 valence electrons. The van der Waals surface area contributed by atoms with Gasteiger partial charge >= 0.3 is 0 Å². The lowest BCUT2D eigenvalue weighted by molar-refractivity contribution is 0.415. The third-order valence-corrected chi connectivity index (χ3v) is 6.80. The van der Waals surface area contributed by atoms with Crippen molar-refractivity contribution in [2.45, 2.75) is 25.3 Å². The molecule has 1 saturated carbocycles. The maximum absolute atomic E-state index is 6.80. The number of hydrogen-bond acceptors (Lipinski definition) is 3. The van der Waals surface area contributed by atoms with Crippen molar-refractivity contribution in [1.29, 1.82) is 0 Å². The molecule has 0 amide bonds. The van der Waals surface area contributed by atoms with Gasteiger partial charge in [0.25, 0.3) is 0 Å². The minimum Gasteiger partial charge on any atom is -0.497 e. The highest BCUT2D eigenvalue weighted by Gasteiger charge is 2.31. The van der Waals surface area contributed by atoms with E-state index in [9.17, 15) is 0 Å². The molecular formula is C31H29ClN2O. The average molecular weight is 481 g/mol. The van der Waals surface area contributed by atoms with E-state index in [1.54, 1.807) is 7.11 Å². The van der Waals surface area contributed by atoms with Gasteiger partial charge in [0.05, 0.1) is 18.5 Å². The molecular weight excluding hydrogens is 452 g/mol. The summed E-state index contributed by atoms with van der Waals surface area (Å²) in [5, 5.41) is 4.47. The molecule has 1 aliphatic carbocycles. The van der Waals surface area contributed by atoms with Gasteiger partial charge in [-0.25, -0.2) is 4.99 Å². The van der Waals surface area contributed by atoms with Crippen molar-refractivity contribution in [3.8, 4) is 5.75 Å². The number of nitrogens with zero attached hydrogens (tertiary/aromatic N) is 1. The van der Waals surface area contributed by atoms with E-state index in [0.29, 0.717) is 12.0 Å². The van der Waals surface area contributed by atoms with Crippen molar-refractivity contribution < 1.29 is 4.74 Å². The van der Waals surface area contributed by atoms with E-state index >= 15 is 0 Å². The van der Waals surface area contributed by atoms with Crippen LogP contribution in [0.5, 0.6) is 5.75 Å². The molecule has 0 spiro atoms. The predicted molar refractivity (Wildman–Crippen MR) is 146 cm³/mol. The highest BCUT2D eigenvalue weighted by molar-refractivity contribution is 6.31. The number of hydrogen-bond donors (Lipinski definition) is 1. The van der Waals surface area contributed by atoms with Crippen LogP contribution < -0.4 is 10.1 Å². The van der Waals surface area contributed by atoms with Crippen LogP contribution in [0.4, 0.5) is 11.4 Å². The average Bonchev–Trinajstić information content (AvgIpc) is 3.75. The molecule has 0 aromatic heterocycles. The van der Waals surface area contributed by atoms with E-state index in [2.05, 4.69) is 53.8 Å². The second-order valence-electron chi connectivity index (χ2n) is 8.99. The van der Waals surface area contributed by atoms with Crippen LogP contribution in [0.3, 0.4) is 0 Å². The van der Waals surface area contributed by atoms with Crippen LogP contribution in [-0.2, 0) is 6.42 Å². The molecule has 4 aromatic rings. The van der Waals surface area contributed by atoms with Gasteiger partial charge in [0.1, 0.15) is 5.75 Å². The molecule has 0 bridgehead atoms. The summed E-state index contributed by atoms with van der Waals surface area (Å²) >= 11 is 6.80. The Labute approximate surface area is 212 Å². The van der Waals surface area contributed by atoms with Crippen molar-refractivity contribution in [1.82, 2.24) is 0 Å². The Kier molecular flexibility index (Phi) is 7.15. The van der Waals surface area contributed by atoms with Crippen LogP contribution in [0.15, 0.2) is 108 Å². The Balaban J connectivity index is 1.38. The lowest BCUT2D eigenvalue weighted by Gasteiger charge is -2.21. The first-order chi connectivity index (χ1) is 17.2. The number of halogens is 1. The third-order valence-electron chi connectivity index (χ3n) is 6.44. The van der Waals surface area contributed by atoms with E-state index in [1.165, 1.54) is 12.8 Å². The highest BCUT2D eigenvalue weighted by Crippen LogP contribution is 2.37. The summed E-state index contributed by atoms with van der Waals surface area (Å²) in [5.74, 6) is 1.54. The Morgan fingerprint density at radius 2 is 1.51 bits per heavy atom. The van der Waals surface area contributed by atoms with Gasteiger partial charge in [-0.15, -0.1) is 0 Å². The van der Waals surface area contributed by atoms with Gasteiger partial charge in [-0.3, -0.25) is 0 Å². The highest BCUT2D eigenvalue weighted by atomic mass is 35.5. The fourth-order valence-corrected chi connectivity index (χ4v) is 4.61. The van der Waals surface area contributed by atoms with Crippen molar-refractivity contribution in [3.05, 3.63) is 125 Å². The standard InChI is InChI=1S/C31H29ClN2O/c1-35-28-18-16-26(17-19-28)33-30(22-12-13-22)20-25-14-15-27(21-29(25)32)34-31(23-8-4-2-5-9-23)24-10-6-3-7-11-24/h2-11,14-19,21-22,30,33H,12-13,20H2,1H3. The quantitative estimate of drug-likeness (QED) is 0.246. The molecule has 1 atom stereocenters. The molecule has 0 radical (unpaired) electrons. The number of aliphatic imine (C=N–C) groups is 1. The second-order valence-corrected chi connectivity index (χ2v) is 9.40. The van der Waals surface area contributed by atoms with E-state index in [-0.39, 0.29) is 0 Å². The number of rotatable bonds is 9. The molecule has 1 N–H and O–H groups in total.